The van der Waals surface area contributed by atoms with Gasteiger partial charge in [0.05, 0.1) is 6.20 Å². The molecule has 8 heteroatoms. The fourth-order valence-corrected chi connectivity index (χ4v) is 3.43. The number of rotatable bonds is 6. The van der Waals surface area contributed by atoms with Gasteiger partial charge in [0.1, 0.15) is 0 Å². The third kappa shape index (κ3) is 4.59. The lowest BCUT2D eigenvalue weighted by Crippen LogP contribution is -2.47. The van der Waals surface area contributed by atoms with Crippen molar-refractivity contribution in [3.05, 3.63) is 60.6 Å². The summed E-state index contributed by atoms with van der Waals surface area (Å²) >= 11 is 0. The maximum atomic E-state index is 4.84. The van der Waals surface area contributed by atoms with Gasteiger partial charge in [0.2, 0.25) is 11.9 Å². The van der Waals surface area contributed by atoms with Crippen LogP contribution in [-0.4, -0.2) is 57.4 Å². The largest absolute Gasteiger partial charge is 0.348 e. The van der Waals surface area contributed by atoms with Gasteiger partial charge in [-0.25, -0.2) is 9.97 Å². The highest BCUT2D eigenvalue weighted by molar-refractivity contribution is 5.44. The van der Waals surface area contributed by atoms with E-state index in [-0.39, 0.29) is 0 Å². The van der Waals surface area contributed by atoms with E-state index in [0.29, 0.717) is 12.0 Å². The Morgan fingerprint density at radius 2 is 1.55 bits per heavy atom. The van der Waals surface area contributed by atoms with Crippen molar-refractivity contribution in [3.8, 4) is 0 Å². The molecule has 29 heavy (non-hydrogen) atoms. The highest BCUT2D eigenvalue weighted by atomic mass is 15.4. The Hall–Kier alpha value is -3.29. The minimum absolute atomic E-state index is 0.298. The molecule has 0 spiro atoms. The molecular weight excluding hydrogens is 364 g/mol. The van der Waals surface area contributed by atoms with Crippen LogP contribution in [0.15, 0.2) is 55.0 Å². The Labute approximate surface area is 171 Å². The molecule has 0 radical (unpaired) electrons. The molecule has 8 nitrogen and oxygen atoms in total. The van der Waals surface area contributed by atoms with Crippen molar-refractivity contribution in [2.24, 2.45) is 0 Å². The van der Waals surface area contributed by atoms with Gasteiger partial charge in [-0.2, -0.15) is 10.1 Å². The third-order valence-electron chi connectivity index (χ3n) is 5.05. The number of aromatic nitrogens is 5. The van der Waals surface area contributed by atoms with Crippen molar-refractivity contribution >= 4 is 17.7 Å². The Morgan fingerprint density at radius 1 is 0.897 bits per heavy atom. The zero-order valence-corrected chi connectivity index (χ0v) is 16.9. The molecule has 3 aromatic rings. The molecule has 0 amide bonds. The lowest BCUT2D eigenvalue weighted by atomic mass is 10.2. The topological polar surface area (TPSA) is 74.2 Å². The second-order valence-corrected chi connectivity index (χ2v) is 7.34. The van der Waals surface area contributed by atoms with E-state index in [0.717, 1.165) is 44.5 Å². The summed E-state index contributed by atoms with van der Waals surface area (Å²) in [5.74, 6) is 2.30. The van der Waals surface area contributed by atoms with Gasteiger partial charge in [0.25, 0.3) is 0 Å². The van der Waals surface area contributed by atoms with Gasteiger partial charge in [-0.15, -0.1) is 5.10 Å². The van der Waals surface area contributed by atoms with Crippen molar-refractivity contribution in [3.63, 3.8) is 0 Å². The van der Waals surface area contributed by atoms with Crippen molar-refractivity contribution < 1.29 is 0 Å². The predicted molar refractivity (Wildman–Crippen MR) is 114 cm³/mol. The summed E-state index contributed by atoms with van der Waals surface area (Å²) in [6.45, 7) is 8.40. The normalized spacial score (nSPS) is 14.3. The van der Waals surface area contributed by atoms with Gasteiger partial charge in [-0.05, 0) is 25.5 Å². The molecule has 0 N–H and O–H groups in total. The lowest BCUT2D eigenvalue weighted by Gasteiger charge is -2.35. The molecule has 1 aliphatic rings. The number of piperazine rings is 1. The monoisotopic (exact) mass is 390 g/mol. The van der Waals surface area contributed by atoms with E-state index in [9.17, 15) is 0 Å². The van der Waals surface area contributed by atoms with Gasteiger partial charge >= 0.3 is 0 Å². The molecule has 0 atom stereocenters. The van der Waals surface area contributed by atoms with Crippen molar-refractivity contribution in [2.75, 3.05) is 40.9 Å². The zero-order valence-electron chi connectivity index (χ0n) is 16.9. The summed E-state index contributed by atoms with van der Waals surface area (Å²) in [4.78, 5) is 20.1. The summed E-state index contributed by atoms with van der Waals surface area (Å²) in [6.07, 6.45) is 5.30. The quantitative estimate of drug-likeness (QED) is 0.635. The Bertz CT molecular complexity index is 895. The van der Waals surface area contributed by atoms with Gasteiger partial charge in [0.15, 0.2) is 5.82 Å². The second kappa shape index (κ2) is 8.81. The van der Waals surface area contributed by atoms with E-state index in [2.05, 4.69) is 73.0 Å². The molecule has 0 saturated carbocycles. The molecule has 0 unspecified atom stereocenters. The number of nitrogens with zero attached hydrogens (tertiary/aromatic N) is 8. The first-order chi connectivity index (χ1) is 14.2. The zero-order chi connectivity index (χ0) is 20.1. The van der Waals surface area contributed by atoms with Crippen molar-refractivity contribution in [1.29, 1.82) is 0 Å². The molecule has 1 aliphatic heterocycles. The minimum Gasteiger partial charge on any atom is -0.348 e. The van der Waals surface area contributed by atoms with E-state index in [1.807, 2.05) is 12.1 Å². The summed E-state index contributed by atoms with van der Waals surface area (Å²) in [5.41, 5.74) is 1.25. The van der Waals surface area contributed by atoms with Crippen LogP contribution in [0, 0.1) is 0 Å². The molecule has 1 aromatic carbocycles. The van der Waals surface area contributed by atoms with Crippen LogP contribution in [0.5, 0.6) is 0 Å². The fraction of sp³-hybridized carbons (Fsp3) is 0.381. The molecule has 150 valence electrons. The second-order valence-electron chi connectivity index (χ2n) is 7.34. The van der Waals surface area contributed by atoms with Crippen LogP contribution in [0.1, 0.15) is 19.4 Å². The smallest absolute Gasteiger partial charge is 0.247 e. The summed E-state index contributed by atoms with van der Waals surface area (Å²) in [7, 11) is 0. The first kappa shape index (κ1) is 19.0. The lowest BCUT2D eigenvalue weighted by molar-refractivity contribution is 0.617. The predicted octanol–water partition coefficient (Wildman–Crippen LogP) is 2.40. The maximum Gasteiger partial charge on any atom is 0.247 e. The first-order valence-corrected chi connectivity index (χ1v) is 9.98. The molecule has 3 heterocycles. The van der Waals surface area contributed by atoms with E-state index in [1.165, 1.54) is 5.56 Å². The molecule has 1 fully saturated rings. The Morgan fingerprint density at radius 3 is 2.21 bits per heavy atom. The number of hydrogen-bond acceptors (Lipinski definition) is 8. The molecule has 0 bridgehead atoms. The number of hydrogen-bond donors (Lipinski definition) is 0. The van der Waals surface area contributed by atoms with Crippen LogP contribution >= 0.6 is 0 Å². The Kier molecular flexibility index (Phi) is 5.79. The average molecular weight is 390 g/mol. The van der Waals surface area contributed by atoms with E-state index >= 15 is 0 Å². The first-order valence-electron chi connectivity index (χ1n) is 9.98. The van der Waals surface area contributed by atoms with Crippen LogP contribution in [0.4, 0.5) is 17.7 Å². The molecular formula is C21H26N8. The third-order valence-corrected chi connectivity index (χ3v) is 5.05. The van der Waals surface area contributed by atoms with Gasteiger partial charge in [0, 0.05) is 51.2 Å². The average Bonchev–Trinajstić information content (AvgIpc) is 2.79. The highest BCUT2D eigenvalue weighted by Crippen LogP contribution is 2.20. The van der Waals surface area contributed by atoms with Crippen molar-refractivity contribution in [1.82, 2.24) is 25.1 Å². The highest BCUT2D eigenvalue weighted by Gasteiger charge is 2.22. The van der Waals surface area contributed by atoms with Crippen LogP contribution in [-0.2, 0) is 6.54 Å². The van der Waals surface area contributed by atoms with Crippen LogP contribution in [0.3, 0.4) is 0 Å². The van der Waals surface area contributed by atoms with Crippen LogP contribution < -0.4 is 14.7 Å². The molecule has 2 aromatic heterocycles. The minimum atomic E-state index is 0.298. The molecule has 1 saturated heterocycles. The summed E-state index contributed by atoms with van der Waals surface area (Å²) < 4.78 is 0. The van der Waals surface area contributed by atoms with Gasteiger partial charge in [-0.3, -0.25) is 0 Å². The van der Waals surface area contributed by atoms with Gasteiger partial charge in [-0.1, -0.05) is 30.3 Å². The standard InChI is InChI=1S/C21H26N8/c1-17(2)29(16-18-7-4-3-5-8-18)19-15-24-26-21(25-19)28-13-11-27(12-14-28)20-22-9-6-10-23-20/h3-10,15,17H,11-14,16H2,1-2H3. The summed E-state index contributed by atoms with van der Waals surface area (Å²) in [5, 5.41) is 8.55. The molecule has 0 aliphatic carbocycles. The Balaban J connectivity index is 1.47. The van der Waals surface area contributed by atoms with Gasteiger partial charge < -0.3 is 14.7 Å². The van der Waals surface area contributed by atoms with Crippen molar-refractivity contribution in [2.45, 2.75) is 26.4 Å². The fourth-order valence-electron chi connectivity index (χ4n) is 3.43. The van der Waals surface area contributed by atoms with E-state index in [4.69, 9.17) is 4.98 Å². The van der Waals surface area contributed by atoms with E-state index < -0.39 is 0 Å². The number of benzene rings is 1. The summed E-state index contributed by atoms with van der Waals surface area (Å²) in [6, 6.07) is 12.6. The van der Waals surface area contributed by atoms with Crippen LogP contribution in [0.25, 0.3) is 0 Å². The SMILES string of the molecule is CC(C)N(Cc1ccccc1)c1cnnc(N2CCN(c3ncccn3)CC2)n1. The maximum absolute atomic E-state index is 4.84. The number of anilines is 3. The van der Waals surface area contributed by atoms with E-state index in [1.54, 1.807) is 18.6 Å². The van der Waals surface area contributed by atoms with Crippen LogP contribution in [0.2, 0.25) is 0 Å². The molecule has 4 rings (SSSR count).